The van der Waals surface area contributed by atoms with E-state index in [9.17, 15) is 19.2 Å². The van der Waals surface area contributed by atoms with Crippen molar-refractivity contribution in [2.45, 2.75) is 19.4 Å². The maximum absolute atomic E-state index is 12.6. The predicted molar refractivity (Wildman–Crippen MR) is 117 cm³/mol. The van der Waals surface area contributed by atoms with E-state index < -0.39 is 5.92 Å². The number of fused-ring (bicyclic) bond motifs is 1. The van der Waals surface area contributed by atoms with Gasteiger partial charge in [0.2, 0.25) is 16.9 Å². The van der Waals surface area contributed by atoms with Gasteiger partial charge in [-0.3, -0.25) is 24.1 Å². The van der Waals surface area contributed by atoms with Crippen LogP contribution >= 0.6 is 11.3 Å². The first-order valence-electron chi connectivity index (χ1n) is 10.3. The van der Waals surface area contributed by atoms with E-state index in [2.05, 4.69) is 20.4 Å². The molecule has 0 saturated carbocycles. The lowest BCUT2D eigenvalue weighted by Crippen LogP contribution is -2.30. The van der Waals surface area contributed by atoms with Gasteiger partial charge in [-0.2, -0.15) is 0 Å². The van der Waals surface area contributed by atoms with Gasteiger partial charge in [-0.25, -0.2) is 0 Å². The van der Waals surface area contributed by atoms with Gasteiger partial charge in [0.1, 0.15) is 5.01 Å². The fourth-order valence-electron chi connectivity index (χ4n) is 3.84. The highest BCUT2D eigenvalue weighted by molar-refractivity contribution is 7.15. The van der Waals surface area contributed by atoms with Crippen molar-refractivity contribution in [3.63, 3.8) is 0 Å². The van der Waals surface area contributed by atoms with Crippen molar-refractivity contribution < 1.29 is 19.2 Å². The summed E-state index contributed by atoms with van der Waals surface area (Å²) >= 11 is 1.10. The van der Waals surface area contributed by atoms with E-state index in [1.807, 2.05) is 14.1 Å². The van der Waals surface area contributed by atoms with Crippen LogP contribution in [0.5, 0.6) is 0 Å². The summed E-state index contributed by atoms with van der Waals surface area (Å²) in [5.41, 5.74) is 0.744. The van der Waals surface area contributed by atoms with Crippen LogP contribution in [0, 0.1) is 5.92 Å². The van der Waals surface area contributed by atoms with Gasteiger partial charge in [0.25, 0.3) is 11.8 Å². The molecule has 1 aromatic carbocycles. The number of amides is 4. The highest BCUT2D eigenvalue weighted by Gasteiger charge is 2.36. The second kappa shape index (κ2) is 9.13. The zero-order chi connectivity index (χ0) is 22.8. The van der Waals surface area contributed by atoms with Crippen molar-refractivity contribution in [1.29, 1.82) is 0 Å². The van der Waals surface area contributed by atoms with Crippen molar-refractivity contribution in [3.05, 3.63) is 40.4 Å². The van der Waals surface area contributed by atoms with E-state index in [4.69, 9.17) is 0 Å². The van der Waals surface area contributed by atoms with Gasteiger partial charge in [0.15, 0.2) is 0 Å². The highest BCUT2D eigenvalue weighted by Crippen LogP contribution is 2.26. The van der Waals surface area contributed by atoms with Crippen LogP contribution in [0.4, 0.5) is 5.13 Å². The number of likely N-dealkylation sites (tertiary alicyclic amines) is 1. The van der Waals surface area contributed by atoms with Crippen LogP contribution in [0.2, 0.25) is 0 Å². The largest absolute Gasteiger partial charge is 0.342 e. The van der Waals surface area contributed by atoms with Crippen LogP contribution in [0.3, 0.4) is 0 Å². The standard InChI is InChI=1S/C21H24N6O4S/c1-25(2)8-5-9-26-11-13(10-17(26)28)18(29)22-21-24-23-16(32-21)12-27-19(30)14-6-3-4-7-15(14)20(27)31/h3-4,6-7,13H,5,8-12H2,1-2H3,(H,22,24,29). The van der Waals surface area contributed by atoms with E-state index >= 15 is 0 Å². The Morgan fingerprint density at radius 1 is 1.16 bits per heavy atom. The fraction of sp³-hybridized carbons (Fsp3) is 0.429. The summed E-state index contributed by atoms with van der Waals surface area (Å²) in [6.07, 6.45) is 1.03. The van der Waals surface area contributed by atoms with Gasteiger partial charge >= 0.3 is 0 Å². The van der Waals surface area contributed by atoms with Crippen LogP contribution in [-0.2, 0) is 16.1 Å². The van der Waals surface area contributed by atoms with Crippen LogP contribution in [0.25, 0.3) is 0 Å². The lowest BCUT2D eigenvalue weighted by molar-refractivity contribution is -0.128. The number of carbonyl (C=O) groups excluding carboxylic acids is 4. The van der Waals surface area contributed by atoms with Crippen LogP contribution in [0.1, 0.15) is 38.6 Å². The summed E-state index contributed by atoms with van der Waals surface area (Å²) in [4.78, 5) is 54.7. The third-order valence-corrected chi connectivity index (χ3v) is 6.31. The summed E-state index contributed by atoms with van der Waals surface area (Å²) < 4.78 is 0. The molecule has 32 heavy (non-hydrogen) atoms. The van der Waals surface area contributed by atoms with E-state index in [-0.39, 0.29) is 41.7 Å². The van der Waals surface area contributed by atoms with Gasteiger partial charge in [-0.15, -0.1) is 10.2 Å². The summed E-state index contributed by atoms with van der Waals surface area (Å²) in [5.74, 6) is -1.48. The van der Waals surface area contributed by atoms with E-state index in [1.54, 1.807) is 29.2 Å². The number of hydrogen-bond acceptors (Lipinski definition) is 8. The molecule has 1 N–H and O–H groups in total. The number of imide groups is 1. The zero-order valence-corrected chi connectivity index (χ0v) is 18.7. The molecule has 1 unspecified atom stereocenters. The molecule has 0 radical (unpaired) electrons. The fourth-order valence-corrected chi connectivity index (χ4v) is 4.57. The van der Waals surface area contributed by atoms with Crippen molar-refractivity contribution >= 4 is 40.1 Å². The molecule has 4 amide bonds. The maximum Gasteiger partial charge on any atom is 0.261 e. The van der Waals surface area contributed by atoms with Gasteiger partial charge in [0.05, 0.1) is 23.6 Å². The number of aromatic nitrogens is 2. The Kier molecular flexibility index (Phi) is 6.28. The molecule has 1 saturated heterocycles. The quantitative estimate of drug-likeness (QED) is 0.591. The summed E-state index contributed by atoms with van der Waals surface area (Å²) in [7, 11) is 3.96. The molecule has 1 fully saturated rings. The normalized spacial score (nSPS) is 18.1. The Morgan fingerprint density at radius 3 is 2.50 bits per heavy atom. The van der Waals surface area contributed by atoms with E-state index in [0.29, 0.717) is 29.2 Å². The third-order valence-electron chi connectivity index (χ3n) is 5.49. The molecule has 168 valence electrons. The molecular weight excluding hydrogens is 432 g/mol. The van der Waals surface area contributed by atoms with Crippen molar-refractivity contribution in [3.8, 4) is 0 Å². The summed E-state index contributed by atoms with van der Waals surface area (Å²) in [6, 6.07) is 6.66. The average Bonchev–Trinajstić information content (AvgIpc) is 3.42. The molecular formula is C21H24N6O4S. The number of carbonyl (C=O) groups is 4. The Hall–Kier alpha value is -3.18. The lowest BCUT2D eigenvalue weighted by atomic mass is 10.1. The van der Waals surface area contributed by atoms with Crippen LogP contribution in [0.15, 0.2) is 24.3 Å². The monoisotopic (exact) mass is 456 g/mol. The van der Waals surface area contributed by atoms with E-state index in [0.717, 1.165) is 29.2 Å². The Labute approximate surface area is 189 Å². The minimum Gasteiger partial charge on any atom is -0.342 e. The molecule has 10 nitrogen and oxygen atoms in total. The molecule has 2 aliphatic heterocycles. The Balaban J connectivity index is 1.32. The lowest BCUT2D eigenvalue weighted by Gasteiger charge is -2.17. The first kappa shape index (κ1) is 22.0. The summed E-state index contributed by atoms with van der Waals surface area (Å²) in [6.45, 7) is 1.88. The molecule has 2 aliphatic rings. The number of nitrogens with zero attached hydrogens (tertiary/aromatic N) is 5. The van der Waals surface area contributed by atoms with E-state index in [1.165, 1.54) is 0 Å². The molecule has 1 aromatic heterocycles. The minimum absolute atomic E-state index is 0.0124. The average molecular weight is 457 g/mol. The molecule has 11 heteroatoms. The molecule has 3 heterocycles. The minimum atomic E-state index is -0.439. The molecule has 0 aliphatic carbocycles. The molecule has 0 spiro atoms. The number of anilines is 1. The second-order valence-electron chi connectivity index (χ2n) is 8.13. The Bertz CT molecular complexity index is 1030. The first-order chi connectivity index (χ1) is 15.3. The molecule has 0 bridgehead atoms. The van der Waals surface area contributed by atoms with Gasteiger partial charge < -0.3 is 15.1 Å². The SMILES string of the molecule is CN(C)CCCN1CC(C(=O)Nc2nnc(CN3C(=O)c4ccccc4C3=O)s2)CC1=O. The number of hydrogen-bond donors (Lipinski definition) is 1. The van der Waals surface area contributed by atoms with Gasteiger partial charge in [0, 0.05) is 19.5 Å². The maximum atomic E-state index is 12.6. The number of rotatable bonds is 8. The van der Waals surface area contributed by atoms with Crippen LogP contribution in [-0.4, -0.2) is 82.3 Å². The molecule has 4 rings (SSSR count). The smallest absolute Gasteiger partial charge is 0.261 e. The van der Waals surface area contributed by atoms with Gasteiger partial charge in [-0.1, -0.05) is 23.5 Å². The van der Waals surface area contributed by atoms with Crippen molar-refractivity contribution in [2.75, 3.05) is 39.0 Å². The predicted octanol–water partition coefficient (Wildman–Crippen LogP) is 1.07. The highest BCUT2D eigenvalue weighted by atomic mass is 32.1. The second-order valence-corrected chi connectivity index (χ2v) is 9.19. The Morgan fingerprint density at radius 2 is 1.84 bits per heavy atom. The van der Waals surface area contributed by atoms with Gasteiger partial charge in [-0.05, 0) is 39.2 Å². The molecule has 1 atom stereocenters. The third kappa shape index (κ3) is 4.53. The summed E-state index contributed by atoms with van der Waals surface area (Å²) in [5, 5.41) is 11.4. The van der Waals surface area contributed by atoms with Crippen molar-refractivity contribution in [2.24, 2.45) is 5.92 Å². The number of benzene rings is 1. The topological polar surface area (TPSA) is 116 Å². The first-order valence-corrected chi connectivity index (χ1v) is 11.2. The zero-order valence-electron chi connectivity index (χ0n) is 17.9. The van der Waals surface area contributed by atoms with Crippen molar-refractivity contribution in [1.82, 2.24) is 24.9 Å². The number of nitrogens with one attached hydrogen (secondary N) is 1. The molecule has 2 aromatic rings. The van der Waals surface area contributed by atoms with Crippen LogP contribution < -0.4 is 5.32 Å².